The second kappa shape index (κ2) is 6.46. The Bertz CT molecular complexity index is 178. The molecule has 0 saturated carbocycles. The van der Waals surface area contributed by atoms with Crippen LogP contribution in [0.2, 0.25) is 0 Å². The number of carboxylic acid groups (broad SMARTS) is 1. The first-order chi connectivity index (χ1) is 5.43. The van der Waals surface area contributed by atoms with E-state index in [1.165, 1.54) is 0 Å². The van der Waals surface area contributed by atoms with Crippen molar-refractivity contribution in [2.75, 3.05) is 0 Å². The maximum Gasteiger partial charge on any atom is 0.304 e. The molecule has 0 heterocycles. The first kappa shape index (κ1) is 14.5. The lowest BCUT2D eigenvalue weighted by atomic mass is 10.1. The van der Waals surface area contributed by atoms with Crippen LogP contribution in [0.5, 0.6) is 0 Å². The predicted octanol–water partition coefficient (Wildman–Crippen LogP) is 1.26. The van der Waals surface area contributed by atoms with Gasteiger partial charge in [0.05, 0.1) is 6.42 Å². The summed E-state index contributed by atoms with van der Waals surface area (Å²) in [6, 6.07) is 0.0637. The van der Waals surface area contributed by atoms with Gasteiger partial charge in [-0.2, -0.15) is 0 Å². The minimum Gasteiger partial charge on any atom is -0.481 e. The molecule has 0 rings (SSSR count). The molecule has 1 unspecified atom stereocenters. The minimum atomic E-state index is -0.943. The summed E-state index contributed by atoms with van der Waals surface area (Å²) in [5, 5.41) is 11.0. The quantitative estimate of drug-likeness (QED) is 0.699. The molecule has 0 aromatic carbocycles. The van der Waals surface area contributed by atoms with Crippen molar-refractivity contribution < 1.29 is 14.7 Å². The van der Waals surface area contributed by atoms with Gasteiger partial charge < -0.3 is 10.4 Å². The van der Waals surface area contributed by atoms with Crippen molar-refractivity contribution in [3.05, 3.63) is 0 Å². The summed E-state index contributed by atoms with van der Waals surface area (Å²) in [5.41, 5.74) is 0. The van der Waals surface area contributed by atoms with Crippen molar-refractivity contribution >= 4 is 11.9 Å². The van der Waals surface area contributed by atoms with Crippen LogP contribution in [-0.4, -0.2) is 23.0 Å². The van der Waals surface area contributed by atoms with E-state index in [1.807, 2.05) is 13.8 Å². The summed E-state index contributed by atoms with van der Waals surface area (Å²) in [7, 11) is 0. The zero-order valence-corrected chi connectivity index (χ0v) is 7.63. The fourth-order valence-corrected chi connectivity index (χ4v) is 0.781. The Balaban J connectivity index is 0. The molecule has 4 nitrogen and oxygen atoms in total. The van der Waals surface area contributed by atoms with Crippen molar-refractivity contribution in [3.8, 4) is 0 Å². The summed E-state index contributed by atoms with van der Waals surface area (Å²) in [5.74, 6) is -1.60. The van der Waals surface area contributed by atoms with Crippen LogP contribution in [-0.2, 0) is 9.59 Å². The Morgan fingerprint density at radius 3 is 2.08 bits per heavy atom. The number of hydrogen-bond acceptors (Lipinski definition) is 2. The van der Waals surface area contributed by atoms with Crippen molar-refractivity contribution in [2.45, 2.75) is 40.7 Å². The molecule has 0 aromatic heterocycles. The van der Waals surface area contributed by atoms with Crippen LogP contribution in [0.15, 0.2) is 0 Å². The lowest BCUT2D eigenvalue weighted by Gasteiger charge is -2.12. The van der Waals surface area contributed by atoms with Gasteiger partial charge in [0.2, 0.25) is 5.91 Å². The standard InChI is InChI=1S/C8H15NO3.CH4/c1-5(2)9-8(12)6(3)4-7(10)11;/h5-6H,4H2,1-3H3,(H,9,12)(H,10,11);1H4. The SMILES string of the molecule is C.CC(C)NC(=O)C(C)CC(=O)O. The van der Waals surface area contributed by atoms with Gasteiger partial charge in [0.1, 0.15) is 0 Å². The number of aliphatic carboxylic acids is 1. The van der Waals surface area contributed by atoms with Gasteiger partial charge in [0, 0.05) is 12.0 Å². The largest absolute Gasteiger partial charge is 0.481 e. The van der Waals surface area contributed by atoms with Crippen LogP contribution in [0.25, 0.3) is 0 Å². The Morgan fingerprint density at radius 1 is 1.31 bits per heavy atom. The molecule has 0 bridgehead atoms. The maximum absolute atomic E-state index is 11.1. The summed E-state index contributed by atoms with van der Waals surface area (Å²) in [6.07, 6.45) is -0.113. The normalized spacial score (nSPS) is 11.7. The van der Waals surface area contributed by atoms with E-state index in [2.05, 4.69) is 5.32 Å². The number of amides is 1. The van der Waals surface area contributed by atoms with Crippen LogP contribution in [0.1, 0.15) is 34.6 Å². The number of nitrogens with one attached hydrogen (secondary N) is 1. The topological polar surface area (TPSA) is 66.4 Å². The molecule has 0 spiro atoms. The number of rotatable bonds is 4. The van der Waals surface area contributed by atoms with Crippen molar-refractivity contribution in [2.24, 2.45) is 5.92 Å². The summed E-state index contributed by atoms with van der Waals surface area (Å²) in [6.45, 7) is 5.28. The number of carbonyl (C=O) groups excluding carboxylic acids is 1. The molecule has 1 amide bonds. The smallest absolute Gasteiger partial charge is 0.304 e. The Labute approximate surface area is 79.3 Å². The lowest BCUT2D eigenvalue weighted by molar-refractivity contribution is -0.140. The van der Waals surface area contributed by atoms with Gasteiger partial charge in [-0.25, -0.2) is 0 Å². The van der Waals surface area contributed by atoms with Gasteiger partial charge in [0.15, 0.2) is 0 Å². The molecule has 1 atom stereocenters. The fraction of sp³-hybridized carbons (Fsp3) is 0.778. The van der Waals surface area contributed by atoms with E-state index < -0.39 is 11.9 Å². The lowest BCUT2D eigenvalue weighted by Crippen LogP contribution is -2.35. The molecule has 0 aliphatic carbocycles. The number of carboxylic acids is 1. The van der Waals surface area contributed by atoms with E-state index in [1.54, 1.807) is 6.92 Å². The van der Waals surface area contributed by atoms with E-state index >= 15 is 0 Å². The fourth-order valence-electron chi connectivity index (χ4n) is 0.781. The molecular weight excluding hydrogens is 170 g/mol. The zero-order chi connectivity index (χ0) is 9.72. The first-order valence-electron chi connectivity index (χ1n) is 3.95. The van der Waals surface area contributed by atoms with Crippen molar-refractivity contribution in [3.63, 3.8) is 0 Å². The average molecular weight is 189 g/mol. The van der Waals surface area contributed by atoms with E-state index in [0.717, 1.165) is 0 Å². The Hall–Kier alpha value is -1.06. The molecule has 0 saturated heterocycles. The molecule has 0 aliphatic heterocycles. The van der Waals surface area contributed by atoms with Gasteiger partial charge in [-0.3, -0.25) is 9.59 Å². The summed E-state index contributed by atoms with van der Waals surface area (Å²) >= 11 is 0. The van der Waals surface area contributed by atoms with Crippen molar-refractivity contribution in [1.82, 2.24) is 5.32 Å². The predicted molar refractivity (Wildman–Crippen MR) is 51.4 cm³/mol. The van der Waals surface area contributed by atoms with Gasteiger partial charge in [-0.1, -0.05) is 14.4 Å². The molecule has 0 radical (unpaired) electrons. The highest BCUT2D eigenvalue weighted by atomic mass is 16.4. The third-order valence-electron chi connectivity index (χ3n) is 1.36. The van der Waals surface area contributed by atoms with Crippen LogP contribution >= 0.6 is 0 Å². The number of hydrogen-bond donors (Lipinski definition) is 2. The molecule has 78 valence electrons. The van der Waals surface area contributed by atoms with Gasteiger partial charge in [0.25, 0.3) is 0 Å². The van der Waals surface area contributed by atoms with E-state index in [-0.39, 0.29) is 25.8 Å². The Morgan fingerprint density at radius 2 is 1.77 bits per heavy atom. The minimum absolute atomic E-state index is 0. The van der Waals surface area contributed by atoms with Crippen LogP contribution in [0, 0.1) is 5.92 Å². The van der Waals surface area contributed by atoms with E-state index in [0.29, 0.717) is 0 Å². The molecule has 0 fully saturated rings. The molecule has 2 N–H and O–H groups in total. The molecule has 4 heteroatoms. The van der Waals surface area contributed by atoms with Crippen molar-refractivity contribution in [1.29, 1.82) is 0 Å². The third kappa shape index (κ3) is 7.31. The monoisotopic (exact) mass is 189 g/mol. The first-order valence-corrected chi connectivity index (χ1v) is 3.95. The molecule has 0 aliphatic rings. The van der Waals surface area contributed by atoms with Crippen LogP contribution in [0.4, 0.5) is 0 Å². The molecular formula is C9H19NO3. The second-order valence-corrected chi connectivity index (χ2v) is 3.16. The van der Waals surface area contributed by atoms with E-state index in [9.17, 15) is 9.59 Å². The highest BCUT2D eigenvalue weighted by Crippen LogP contribution is 2.01. The maximum atomic E-state index is 11.1. The average Bonchev–Trinajstić information content (AvgIpc) is 1.84. The zero-order valence-electron chi connectivity index (χ0n) is 7.63. The highest BCUT2D eigenvalue weighted by Gasteiger charge is 2.16. The van der Waals surface area contributed by atoms with E-state index in [4.69, 9.17) is 5.11 Å². The molecule has 13 heavy (non-hydrogen) atoms. The highest BCUT2D eigenvalue weighted by molar-refractivity contribution is 5.82. The van der Waals surface area contributed by atoms with Crippen LogP contribution in [0.3, 0.4) is 0 Å². The van der Waals surface area contributed by atoms with Gasteiger partial charge >= 0.3 is 5.97 Å². The third-order valence-corrected chi connectivity index (χ3v) is 1.36. The second-order valence-electron chi connectivity index (χ2n) is 3.16. The Kier molecular flexibility index (Phi) is 7.18. The summed E-state index contributed by atoms with van der Waals surface area (Å²) in [4.78, 5) is 21.3. The number of carbonyl (C=O) groups is 2. The summed E-state index contributed by atoms with van der Waals surface area (Å²) < 4.78 is 0. The van der Waals surface area contributed by atoms with Gasteiger partial charge in [-0.15, -0.1) is 0 Å². The van der Waals surface area contributed by atoms with Crippen LogP contribution < -0.4 is 5.32 Å². The van der Waals surface area contributed by atoms with Gasteiger partial charge in [-0.05, 0) is 13.8 Å². The molecule has 0 aromatic rings.